The zero-order valence-electron chi connectivity index (χ0n) is 2.67. The second-order valence-electron chi connectivity index (χ2n) is 0.420. The smallest absolute Gasteiger partial charge is 0.0530 e. The quantitative estimate of drug-likeness (QED) is 0.247. The van der Waals surface area contributed by atoms with Gasteiger partial charge in [0.2, 0.25) is 0 Å². The topological polar surface area (TPSA) is 54.0 Å². The molecule has 0 radical (unpaired) electrons. The highest BCUT2D eigenvalue weighted by Gasteiger charge is 1.78. The fourth-order valence-electron chi connectivity index (χ4n) is 0.0390. The van der Waals surface area contributed by atoms with E-state index in [-0.39, 0.29) is 0 Å². The largest absolute Gasteiger partial charge is 0.303 e. The van der Waals surface area contributed by atoms with E-state index < -0.39 is 0 Å². The third kappa shape index (κ3) is 3.78. The fraction of sp³-hybridized carbons (Fsp3) is 0. The Labute approximate surface area is 44.7 Å². The minimum Gasteiger partial charge on any atom is -0.303 e. The second kappa shape index (κ2) is 2.99. The van der Waals surface area contributed by atoms with E-state index in [9.17, 15) is 0 Å². The molecule has 2 N–H and O–H groups in total. The number of hydrogen-bond donors (Lipinski definition) is 1. The number of rotatable bonds is 1. The van der Waals surface area contributed by atoms with Crippen LogP contribution in [0.2, 0.25) is 0 Å². The van der Waals surface area contributed by atoms with Crippen molar-refractivity contribution in [2.45, 2.75) is 0 Å². The SMILES string of the molecule is NN=NN(Cl)Cl. The van der Waals surface area contributed by atoms with Gasteiger partial charge in [0.25, 0.3) is 0 Å². The Bertz CT molecular complexity index is 47.5. The molecule has 0 aromatic rings. The van der Waals surface area contributed by atoms with Gasteiger partial charge in [-0.25, -0.2) is 0 Å². The maximum Gasteiger partial charge on any atom is 0.0530 e. The van der Waals surface area contributed by atoms with Gasteiger partial charge in [-0.05, 0) is 5.22 Å². The maximum atomic E-state index is 4.84. The Morgan fingerprint density at radius 3 is 2.00 bits per heavy atom. The Balaban J connectivity index is 3.03. The summed E-state index contributed by atoms with van der Waals surface area (Å²) < 4.78 is 0.458. The lowest BCUT2D eigenvalue weighted by molar-refractivity contribution is 0.682. The van der Waals surface area contributed by atoms with E-state index in [2.05, 4.69) is 16.3 Å². The van der Waals surface area contributed by atoms with Crippen molar-refractivity contribution >= 4 is 23.6 Å². The predicted octanol–water partition coefficient (Wildman–Crippen LogP) is 0.837. The summed E-state index contributed by atoms with van der Waals surface area (Å²) in [7, 11) is 0. The van der Waals surface area contributed by atoms with Crippen LogP contribution in [0.1, 0.15) is 0 Å². The molecule has 0 atom stereocenters. The van der Waals surface area contributed by atoms with Crippen molar-refractivity contribution in [2.24, 2.45) is 16.3 Å². The molecule has 0 rings (SSSR count). The molecular formula is H2Cl2N4. The molecule has 0 saturated heterocycles. The summed E-state index contributed by atoms with van der Waals surface area (Å²) in [6, 6.07) is 0. The van der Waals surface area contributed by atoms with Crippen molar-refractivity contribution in [3.63, 3.8) is 0 Å². The molecule has 0 aliphatic rings. The maximum absolute atomic E-state index is 4.84. The van der Waals surface area contributed by atoms with Crippen LogP contribution in [0, 0.1) is 0 Å². The summed E-state index contributed by atoms with van der Waals surface area (Å²) >= 11 is 9.67. The van der Waals surface area contributed by atoms with Gasteiger partial charge < -0.3 is 5.84 Å². The first-order valence-electron chi connectivity index (χ1n) is 0.996. The summed E-state index contributed by atoms with van der Waals surface area (Å²) in [4.78, 5) is 0. The van der Waals surface area contributed by atoms with Gasteiger partial charge >= 0.3 is 0 Å². The van der Waals surface area contributed by atoms with Crippen LogP contribution < -0.4 is 5.84 Å². The van der Waals surface area contributed by atoms with Crippen LogP contribution in [0.3, 0.4) is 0 Å². The van der Waals surface area contributed by atoms with Gasteiger partial charge in [-0.15, -0.1) is 0 Å². The number of nitrogens with zero attached hydrogens (tertiary/aromatic N) is 3. The molecule has 36 valence electrons. The third-order valence-corrected chi connectivity index (χ3v) is 0.254. The van der Waals surface area contributed by atoms with Gasteiger partial charge in [-0.1, -0.05) is 9.27 Å². The van der Waals surface area contributed by atoms with Gasteiger partial charge in [0, 0.05) is 0 Å². The fourth-order valence-corrected chi connectivity index (χ4v) is 0.117. The molecule has 0 aliphatic heterocycles. The highest BCUT2D eigenvalue weighted by atomic mass is 35.5. The molecule has 6 heavy (non-hydrogen) atoms. The van der Waals surface area contributed by atoms with Crippen LogP contribution in [-0.2, 0) is 0 Å². The van der Waals surface area contributed by atoms with Crippen LogP contribution in [0.4, 0.5) is 0 Å². The summed E-state index contributed by atoms with van der Waals surface area (Å²) in [5.74, 6) is 4.48. The summed E-state index contributed by atoms with van der Waals surface area (Å²) in [5.41, 5.74) is 0. The zero-order valence-corrected chi connectivity index (χ0v) is 4.19. The monoisotopic (exact) mass is 128 g/mol. The molecule has 0 aromatic carbocycles. The van der Waals surface area contributed by atoms with Gasteiger partial charge in [-0.2, -0.15) is 0 Å². The number of hydrogen-bond acceptors (Lipinski definition) is 2. The van der Waals surface area contributed by atoms with E-state index in [1.54, 1.807) is 0 Å². The van der Waals surface area contributed by atoms with Crippen molar-refractivity contribution in [2.75, 3.05) is 0 Å². The van der Waals surface area contributed by atoms with E-state index >= 15 is 0 Å². The van der Waals surface area contributed by atoms with Crippen molar-refractivity contribution < 1.29 is 0 Å². The second-order valence-corrected chi connectivity index (χ2v) is 1.23. The van der Waals surface area contributed by atoms with E-state index in [1.807, 2.05) is 0 Å². The summed E-state index contributed by atoms with van der Waals surface area (Å²) in [6.07, 6.45) is 0. The molecule has 4 nitrogen and oxygen atoms in total. The molecular weight excluding hydrogens is 127 g/mol. The lowest BCUT2D eigenvalue weighted by Gasteiger charge is -1.85. The van der Waals surface area contributed by atoms with Crippen molar-refractivity contribution in [1.29, 1.82) is 0 Å². The lowest BCUT2D eigenvalue weighted by Crippen LogP contribution is -1.83. The molecule has 6 heteroatoms. The molecule has 0 aliphatic carbocycles. The van der Waals surface area contributed by atoms with Gasteiger partial charge in [0.1, 0.15) is 0 Å². The van der Waals surface area contributed by atoms with Crippen LogP contribution in [-0.4, -0.2) is 4.05 Å². The Morgan fingerprint density at radius 1 is 1.50 bits per heavy atom. The number of halogens is 2. The molecule has 0 unspecified atom stereocenters. The van der Waals surface area contributed by atoms with Crippen LogP contribution in [0.15, 0.2) is 10.4 Å². The zero-order chi connectivity index (χ0) is 4.99. The van der Waals surface area contributed by atoms with E-state index in [1.165, 1.54) is 0 Å². The van der Waals surface area contributed by atoms with E-state index in [0.717, 1.165) is 0 Å². The number of nitrogens with two attached hydrogens (primary N) is 1. The van der Waals surface area contributed by atoms with Gasteiger partial charge in [-0.3, -0.25) is 0 Å². The van der Waals surface area contributed by atoms with Crippen molar-refractivity contribution in [1.82, 2.24) is 4.05 Å². The van der Waals surface area contributed by atoms with Crippen LogP contribution >= 0.6 is 23.6 Å². The Morgan fingerprint density at radius 2 is 2.00 bits per heavy atom. The Hall–Kier alpha value is -0.220. The molecule has 0 saturated carbocycles. The molecule has 0 bridgehead atoms. The molecule has 0 spiro atoms. The first-order chi connectivity index (χ1) is 2.77. The molecule has 0 fully saturated rings. The summed E-state index contributed by atoms with van der Waals surface area (Å²) in [6.45, 7) is 0. The van der Waals surface area contributed by atoms with Crippen molar-refractivity contribution in [3.05, 3.63) is 0 Å². The first kappa shape index (κ1) is 5.78. The van der Waals surface area contributed by atoms with Crippen LogP contribution in [0.25, 0.3) is 0 Å². The van der Waals surface area contributed by atoms with Crippen LogP contribution in [0.5, 0.6) is 0 Å². The first-order valence-corrected chi connectivity index (χ1v) is 1.67. The minimum absolute atomic E-state index is 0.458. The lowest BCUT2D eigenvalue weighted by atomic mass is 12.6. The summed E-state index contributed by atoms with van der Waals surface area (Å²) in [5, 5.41) is 5.61. The van der Waals surface area contributed by atoms with Gasteiger partial charge in [0.05, 0.1) is 23.6 Å². The third-order valence-electron chi connectivity index (χ3n) is 0.119. The highest BCUT2D eigenvalue weighted by molar-refractivity contribution is 6.33. The standard InChI is InChI=1S/Cl2H2N4/c1-6(2)5-4-3/h(H2,3,5). The predicted molar refractivity (Wildman–Crippen MR) is 22.6 cm³/mol. The molecule has 0 amide bonds. The minimum atomic E-state index is 0.458. The van der Waals surface area contributed by atoms with E-state index in [0.29, 0.717) is 4.05 Å². The molecule has 0 aromatic heterocycles. The average molecular weight is 129 g/mol. The normalized spacial score (nSPS) is 9.67. The van der Waals surface area contributed by atoms with Gasteiger partial charge in [0.15, 0.2) is 0 Å². The average Bonchev–Trinajstić information content (AvgIpc) is 1.35. The molecule has 0 heterocycles. The van der Waals surface area contributed by atoms with Crippen molar-refractivity contribution in [3.8, 4) is 0 Å². The Kier molecular flexibility index (Phi) is 2.88. The van der Waals surface area contributed by atoms with E-state index in [4.69, 9.17) is 23.6 Å². The highest BCUT2D eigenvalue weighted by Crippen LogP contribution is 1.96.